The largest absolute Gasteiger partial charge is 0.573 e. The number of ether oxygens (including phenoxy) is 1. The third-order valence-electron chi connectivity index (χ3n) is 1.70. The molecule has 19 heavy (non-hydrogen) atoms. The van der Waals surface area contributed by atoms with E-state index in [2.05, 4.69) is 4.74 Å². The summed E-state index contributed by atoms with van der Waals surface area (Å²) in [7, 11) is 0.681. The molecule has 0 fully saturated rings. The van der Waals surface area contributed by atoms with E-state index >= 15 is 0 Å². The van der Waals surface area contributed by atoms with Gasteiger partial charge in [-0.3, -0.25) is 10.1 Å². The van der Waals surface area contributed by atoms with Gasteiger partial charge in [-0.05, 0) is 22.6 Å². The number of benzene rings is 1. The Bertz CT molecular complexity index is 632. The number of rotatable bonds is 3. The number of hydrogen-bond acceptors (Lipinski definition) is 5. The fourth-order valence-corrected chi connectivity index (χ4v) is 3.69. The van der Waals surface area contributed by atoms with Gasteiger partial charge < -0.3 is 4.74 Å². The van der Waals surface area contributed by atoms with E-state index in [0.29, 0.717) is 12.1 Å². The fraction of sp³-hybridized carbons (Fsp3) is 0.143. The zero-order valence-electron chi connectivity index (χ0n) is 8.44. The van der Waals surface area contributed by atoms with Crippen molar-refractivity contribution in [1.29, 1.82) is 0 Å². The maximum Gasteiger partial charge on any atom is 0.573 e. The predicted molar refractivity (Wildman–Crippen MR) is 65.5 cm³/mol. The molecule has 0 saturated carbocycles. The third kappa shape index (κ3) is 4.35. The first-order chi connectivity index (χ1) is 8.42. The molecule has 1 rings (SSSR count). The summed E-state index contributed by atoms with van der Waals surface area (Å²) < 4.78 is 61.6. The van der Waals surface area contributed by atoms with Crippen molar-refractivity contribution in [3.8, 4) is 5.75 Å². The normalized spacial score (nSPS) is 12.3. The summed E-state index contributed by atoms with van der Waals surface area (Å²) in [5, 5.41) is 10.6. The van der Waals surface area contributed by atoms with Gasteiger partial charge in [-0.2, -0.15) is 0 Å². The number of alkyl halides is 3. The monoisotopic (exact) mass is 431 g/mol. The highest BCUT2D eigenvalue weighted by Gasteiger charge is 2.35. The van der Waals surface area contributed by atoms with Gasteiger partial charge in [-0.15, -0.1) is 13.2 Å². The molecule has 1 aromatic rings. The molecule has 1 aromatic carbocycles. The molecule has 0 amide bonds. The lowest BCUT2D eigenvalue weighted by Gasteiger charge is -2.10. The van der Waals surface area contributed by atoms with Gasteiger partial charge in [0.25, 0.3) is 9.05 Å². The summed E-state index contributed by atoms with van der Waals surface area (Å²) in [4.78, 5) is 8.74. The molecule has 0 radical (unpaired) electrons. The second-order valence-electron chi connectivity index (χ2n) is 2.99. The zero-order valence-corrected chi connectivity index (χ0v) is 12.2. The second kappa shape index (κ2) is 5.28. The van der Waals surface area contributed by atoms with E-state index in [1.54, 1.807) is 0 Å². The fourth-order valence-electron chi connectivity index (χ4n) is 1.06. The molecular formula is C7H2ClF3INO5S. The van der Waals surface area contributed by atoms with Crippen LogP contribution in [0.5, 0.6) is 5.75 Å². The number of nitro groups is 1. The number of hydrogen-bond donors (Lipinski definition) is 0. The Balaban J connectivity index is 3.51. The Kier molecular flexibility index (Phi) is 4.51. The average molecular weight is 432 g/mol. The molecule has 0 aliphatic carbocycles. The van der Waals surface area contributed by atoms with Gasteiger partial charge in [0.2, 0.25) is 5.75 Å². The predicted octanol–water partition coefficient (Wildman–Crippen LogP) is 3.03. The molecule has 0 unspecified atom stereocenters. The Hall–Kier alpha value is -0.820. The van der Waals surface area contributed by atoms with Crippen molar-refractivity contribution in [3.63, 3.8) is 0 Å². The highest BCUT2D eigenvalue weighted by molar-refractivity contribution is 14.1. The highest BCUT2D eigenvalue weighted by atomic mass is 127. The van der Waals surface area contributed by atoms with Crippen LogP contribution in [0.4, 0.5) is 18.9 Å². The van der Waals surface area contributed by atoms with Crippen molar-refractivity contribution < 1.29 is 31.2 Å². The van der Waals surface area contributed by atoms with Crippen LogP contribution in [0.15, 0.2) is 17.0 Å². The van der Waals surface area contributed by atoms with Gasteiger partial charge in [0, 0.05) is 26.4 Å². The summed E-state index contributed by atoms with van der Waals surface area (Å²) in [5.74, 6) is -1.12. The molecule has 0 aliphatic heterocycles. The van der Waals surface area contributed by atoms with E-state index < -0.39 is 36.7 Å². The van der Waals surface area contributed by atoms with Crippen LogP contribution in [-0.2, 0) is 9.05 Å². The van der Waals surface area contributed by atoms with E-state index in [4.69, 9.17) is 10.7 Å². The maximum atomic E-state index is 12.1. The van der Waals surface area contributed by atoms with Crippen LogP contribution in [0.1, 0.15) is 0 Å². The van der Waals surface area contributed by atoms with E-state index in [1.807, 2.05) is 0 Å². The lowest BCUT2D eigenvalue weighted by molar-refractivity contribution is -0.388. The van der Waals surface area contributed by atoms with Crippen molar-refractivity contribution in [2.24, 2.45) is 0 Å². The lowest BCUT2D eigenvalue weighted by atomic mass is 10.3. The summed E-state index contributed by atoms with van der Waals surface area (Å²) in [6.45, 7) is 0. The molecule has 0 aromatic heterocycles. The molecule has 6 nitrogen and oxygen atoms in total. The van der Waals surface area contributed by atoms with Crippen LogP contribution >= 0.6 is 33.3 Å². The third-order valence-corrected chi connectivity index (χ3v) is 4.32. The summed E-state index contributed by atoms with van der Waals surface area (Å²) >= 11 is 1.37. The van der Waals surface area contributed by atoms with Crippen LogP contribution < -0.4 is 4.74 Å². The maximum absolute atomic E-state index is 12.1. The van der Waals surface area contributed by atoms with E-state index in [9.17, 15) is 31.7 Å². The summed E-state index contributed by atoms with van der Waals surface area (Å²) in [6.07, 6.45) is -5.14. The van der Waals surface area contributed by atoms with Gasteiger partial charge in [0.15, 0.2) is 0 Å². The zero-order chi connectivity index (χ0) is 15.0. The Morgan fingerprint density at radius 3 is 2.26 bits per heavy atom. The SMILES string of the molecule is O=[N+]([O-])c1cc(S(=O)(=O)Cl)c(I)cc1OC(F)(F)F. The Morgan fingerprint density at radius 2 is 1.89 bits per heavy atom. The van der Waals surface area contributed by atoms with Crippen LogP contribution in [0.25, 0.3) is 0 Å². The van der Waals surface area contributed by atoms with Gasteiger partial charge >= 0.3 is 12.0 Å². The lowest BCUT2D eigenvalue weighted by Crippen LogP contribution is -2.18. The first-order valence-electron chi connectivity index (χ1n) is 4.10. The van der Waals surface area contributed by atoms with Crippen molar-refractivity contribution in [2.45, 2.75) is 11.3 Å². The average Bonchev–Trinajstić information content (AvgIpc) is 2.11. The topological polar surface area (TPSA) is 86.5 Å². The number of nitrogens with zero attached hydrogens (tertiary/aromatic N) is 1. The molecule has 0 saturated heterocycles. The Morgan fingerprint density at radius 1 is 1.37 bits per heavy atom. The first kappa shape index (κ1) is 16.2. The number of halogens is 5. The summed E-state index contributed by atoms with van der Waals surface area (Å²) in [5.41, 5.74) is -1.16. The van der Waals surface area contributed by atoms with Gasteiger partial charge in [-0.1, -0.05) is 0 Å². The summed E-state index contributed by atoms with van der Waals surface area (Å²) in [6, 6.07) is 0.979. The minimum atomic E-state index is -5.14. The standard InChI is InChI=1S/C7H2ClF3INO5S/c8-19(16,17)6-2-4(13(14)15)5(1-3(6)12)18-7(9,10)11/h1-2H. The second-order valence-corrected chi connectivity index (χ2v) is 6.69. The van der Waals surface area contributed by atoms with E-state index in [-0.39, 0.29) is 3.57 Å². The van der Waals surface area contributed by atoms with E-state index in [1.165, 1.54) is 22.6 Å². The molecule has 0 N–H and O–H groups in total. The molecule has 106 valence electrons. The van der Waals surface area contributed by atoms with E-state index in [0.717, 1.165) is 0 Å². The minimum Gasteiger partial charge on any atom is -0.398 e. The number of nitro benzene ring substituents is 1. The van der Waals surface area contributed by atoms with Crippen molar-refractivity contribution >= 4 is 48.0 Å². The molecule has 0 bridgehead atoms. The molecule has 0 atom stereocenters. The Labute approximate surface area is 122 Å². The minimum absolute atomic E-state index is 0.238. The van der Waals surface area contributed by atoms with Gasteiger partial charge in [0.05, 0.1) is 4.92 Å². The quantitative estimate of drug-likeness (QED) is 0.318. The van der Waals surface area contributed by atoms with Crippen LogP contribution in [-0.4, -0.2) is 19.7 Å². The highest BCUT2D eigenvalue weighted by Crippen LogP contribution is 2.37. The van der Waals surface area contributed by atoms with Crippen LogP contribution in [0.3, 0.4) is 0 Å². The van der Waals surface area contributed by atoms with Crippen molar-refractivity contribution in [2.75, 3.05) is 0 Å². The van der Waals surface area contributed by atoms with Crippen molar-refractivity contribution in [3.05, 3.63) is 25.8 Å². The smallest absolute Gasteiger partial charge is 0.398 e. The molecule has 0 aliphatic rings. The van der Waals surface area contributed by atoms with Crippen LogP contribution in [0.2, 0.25) is 0 Å². The van der Waals surface area contributed by atoms with Gasteiger partial charge in [0.1, 0.15) is 4.90 Å². The van der Waals surface area contributed by atoms with Gasteiger partial charge in [-0.25, -0.2) is 8.42 Å². The molecule has 12 heteroatoms. The first-order valence-corrected chi connectivity index (χ1v) is 7.49. The van der Waals surface area contributed by atoms with Crippen LogP contribution in [0, 0.1) is 13.7 Å². The van der Waals surface area contributed by atoms with Crippen molar-refractivity contribution in [1.82, 2.24) is 0 Å². The molecule has 0 heterocycles. The molecule has 0 spiro atoms. The molecular weight excluding hydrogens is 429 g/mol.